The van der Waals surface area contributed by atoms with Crippen molar-refractivity contribution < 1.29 is 12.6 Å². The van der Waals surface area contributed by atoms with Gasteiger partial charge in [-0.25, -0.2) is 9.97 Å². The summed E-state index contributed by atoms with van der Waals surface area (Å²) < 4.78 is 31.0. The molecule has 2 fully saturated rings. The lowest BCUT2D eigenvalue weighted by molar-refractivity contribution is 0.387. The van der Waals surface area contributed by atoms with Crippen LogP contribution < -0.4 is 9.08 Å². The molecule has 3 heterocycles. The van der Waals surface area contributed by atoms with Crippen molar-refractivity contribution in [2.24, 2.45) is 11.8 Å². The largest absolute Gasteiger partial charge is 0.378 e. The zero-order chi connectivity index (χ0) is 22.3. The molecule has 166 valence electrons. The van der Waals surface area contributed by atoms with E-state index in [0.717, 1.165) is 37.4 Å². The Morgan fingerprint density at radius 3 is 2.19 bits per heavy atom. The van der Waals surface area contributed by atoms with Crippen LogP contribution in [-0.4, -0.2) is 56.5 Å². The van der Waals surface area contributed by atoms with E-state index in [-0.39, 0.29) is 10.6 Å². The first kappa shape index (κ1) is 20.9. The Morgan fingerprint density at radius 1 is 0.906 bits per heavy atom. The second-order valence-corrected chi connectivity index (χ2v) is 10.3. The van der Waals surface area contributed by atoms with E-state index in [1.807, 2.05) is 25.4 Å². The third-order valence-electron chi connectivity index (χ3n) is 6.31. The van der Waals surface area contributed by atoms with Crippen LogP contribution in [0.2, 0.25) is 0 Å². The number of hydrogen-bond donors (Lipinski definition) is 0. The van der Waals surface area contributed by atoms with Crippen molar-refractivity contribution in [3.05, 3.63) is 66.5 Å². The van der Waals surface area contributed by atoms with Crippen LogP contribution >= 0.6 is 0 Å². The second-order valence-electron chi connectivity index (χ2n) is 8.76. The van der Waals surface area contributed by atoms with Gasteiger partial charge in [-0.05, 0) is 50.1 Å². The molecule has 2 aliphatic rings. The Balaban J connectivity index is 1.36. The van der Waals surface area contributed by atoms with Gasteiger partial charge in [0, 0.05) is 26.2 Å². The fourth-order valence-corrected chi connectivity index (χ4v) is 5.60. The lowest BCUT2D eigenvalue weighted by Gasteiger charge is -2.20. The maximum atomic E-state index is 12.8. The van der Waals surface area contributed by atoms with E-state index in [1.165, 1.54) is 0 Å². The van der Waals surface area contributed by atoms with Crippen molar-refractivity contribution in [1.29, 1.82) is 0 Å². The Kier molecular flexibility index (Phi) is 5.35. The number of hydrogen-bond acceptors (Lipinski definition) is 7. The van der Waals surface area contributed by atoms with Gasteiger partial charge < -0.3 is 14.0 Å². The molecule has 2 aliphatic heterocycles. The highest BCUT2D eigenvalue weighted by molar-refractivity contribution is 7.87. The van der Waals surface area contributed by atoms with Crippen molar-refractivity contribution in [3.8, 4) is 17.1 Å². The molecule has 7 nitrogen and oxygen atoms in total. The molecule has 2 unspecified atom stereocenters. The fraction of sp³-hybridized carbons (Fsp3) is 0.333. The summed E-state index contributed by atoms with van der Waals surface area (Å²) in [6, 6.07) is 13.5. The standard InChI is InChI=1S/C24H26N4O3S/c1-17-7-9-21(10-8-17)32(29,30)31-23-6-4-3-5-22(23)24-25-11-20(12-26-24)28-15-18-13-27(2)14-19(18)16-28/h3-12,18-19H,13-16H2,1-2H3. The predicted octanol–water partition coefficient (Wildman–Crippen LogP) is 3.22. The molecular formula is C24H26N4O3S. The first-order valence-corrected chi connectivity index (χ1v) is 12.2. The van der Waals surface area contributed by atoms with Gasteiger partial charge in [-0.2, -0.15) is 8.42 Å². The van der Waals surface area contributed by atoms with Gasteiger partial charge >= 0.3 is 10.1 Å². The molecule has 1 aromatic heterocycles. The van der Waals surface area contributed by atoms with Crippen molar-refractivity contribution in [3.63, 3.8) is 0 Å². The summed E-state index contributed by atoms with van der Waals surface area (Å²) in [5, 5.41) is 0. The SMILES string of the molecule is Cc1ccc(S(=O)(=O)Oc2ccccc2-c2ncc(N3CC4CN(C)CC4C3)cn2)cc1. The van der Waals surface area contributed by atoms with E-state index in [1.54, 1.807) is 42.5 Å². The van der Waals surface area contributed by atoms with E-state index in [4.69, 9.17) is 4.18 Å². The molecule has 3 aromatic rings. The Hall–Kier alpha value is -2.97. The summed E-state index contributed by atoms with van der Waals surface area (Å²) in [6.45, 7) is 6.22. The van der Waals surface area contributed by atoms with Crippen LogP contribution in [0.5, 0.6) is 5.75 Å². The van der Waals surface area contributed by atoms with Crippen molar-refractivity contribution in [2.45, 2.75) is 11.8 Å². The van der Waals surface area contributed by atoms with Gasteiger partial charge in [0.25, 0.3) is 0 Å². The van der Waals surface area contributed by atoms with Gasteiger partial charge in [-0.3, -0.25) is 0 Å². The number of likely N-dealkylation sites (tertiary alicyclic amines) is 1. The lowest BCUT2D eigenvalue weighted by Crippen LogP contribution is -2.26. The van der Waals surface area contributed by atoms with Crippen LogP contribution in [-0.2, 0) is 10.1 Å². The average Bonchev–Trinajstić information content (AvgIpc) is 3.32. The van der Waals surface area contributed by atoms with Gasteiger partial charge in [0.1, 0.15) is 4.90 Å². The Morgan fingerprint density at radius 2 is 1.53 bits per heavy atom. The maximum absolute atomic E-state index is 12.8. The lowest BCUT2D eigenvalue weighted by atomic mass is 10.0. The zero-order valence-corrected chi connectivity index (χ0v) is 19.0. The molecule has 5 rings (SSSR count). The van der Waals surface area contributed by atoms with Crippen molar-refractivity contribution in [2.75, 3.05) is 38.1 Å². The summed E-state index contributed by atoms with van der Waals surface area (Å²) in [6.07, 6.45) is 3.64. The average molecular weight is 451 g/mol. The molecule has 0 spiro atoms. The summed E-state index contributed by atoms with van der Waals surface area (Å²) in [7, 11) is -1.78. The van der Waals surface area contributed by atoms with Crippen molar-refractivity contribution in [1.82, 2.24) is 14.9 Å². The van der Waals surface area contributed by atoms with E-state index in [2.05, 4.69) is 26.8 Å². The highest BCUT2D eigenvalue weighted by Gasteiger charge is 2.38. The maximum Gasteiger partial charge on any atom is 0.339 e. The third kappa shape index (κ3) is 4.08. The van der Waals surface area contributed by atoms with Crippen LogP contribution in [0.4, 0.5) is 5.69 Å². The monoisotopic (exact) mass is 450 g/mol. The number of aromatic nitrogens is 2. The molecule has 0 amide bonds. The molecule has 0 N–H and O–H groups in total. The second kappa shape index (κ2) is 8.18. The number of para-hydroxylation sites is 1. The quantitative estimate of drug-likeness (QED) is 0.553. The molecule has 0 radical (unpaired) electrons. The molecular weight excluding hydrogens is 424 g/mol. The molecule has 0 saturated carbocycles. The third-order valence-corrected chi connectivity index (χ3v) is 7.56. The number of anilines is 1. The minimum Gasteiger partial charge on any atom is -0.378 e. The van der Waals surface area contributed by atoms with Crippen LogP contribution in [0.1, 0.15) is 5.56 Å². The van der Waals surface area contributed by atoms with E-state index in [9.17, 15) is 8.42 Å². The van der Waals surface area contributed by atoms with Crippen LogP contribution in [0, 0.1) is 18.8 Å². The summed E-state index contributed by atoms with van der Waals surface area (Å²) in [5.74, 6) is 2.03. The normalized spacial score (nSPS) is 21.0. The van der Waals surface area contributed by atoms with Gasteiger partial charge in [-0.15, -0.1) is 0 Å². The summed E-state index contributed by atoms with van der Waals surface area (Å²) in [5.41, 5.74) is 2.51. The molecule has 0 aliphatic carbocycles. The summed E-state index contributed by atoms with van der Waals surface area (Å²) in [4.78, 5) is 13.9. The van der Waals surface area contributed by atoms with Gasteiger partial charge in [0.05, 0.1) is 23.6 Å². The minimum absolute atomic E-state index is 0.111. The van der Waals surface area contributed by atoms with Gasteiger partial charge in [0.2, 0.25) is 0 Å². The highest BCUT2D eigenvalue weighted by Crippen LogP contribution is 2.34. The zero-order valence-electron chi connectivity index (χ0n) is 18.2. The predicted molar refractivity (Wildman–Crippen MR) is 123 cm³/mol. The molecule has 8 heteroatoms. The van der Waals surface area contributed by atoms with Crippen LogP contribution in [0.25, 0.3) is 11.4 Å². The molecule has 2 saturated heterocycles. The smallest absolute Gasteiger partial charge is 0.339 e. The number of benzene rings is 2. The molecule has 0 bridgehead atoms. The molecule has 2 aromatic carbocycles. The number of nitrogens with zero attached hydrogens (tertiary/aromatic N) is 4. The molecule has 2 atom stereocenters. The Labute approximate surface area is 188 Å². The minimum atomic E-state index is -3.96. The number of fused-ring (bicyclic) bond motifs is 1. The van der Waals surface area contributed by atoms with Gasteiger partial charge in [0.15, 0.2) is 11.6 Å². The highest BCUT2D eigenvalue weighted by atomic mass is 32.2. The summed E-state index contributed by atoms with van der Waals surface area (Å²) >= 11 is 0. The molecule has 32 heavy (non-hydrogen) atoms. The topological polar surface area (TPSA) is 75.6 Å². The first-order chi connectivity index (χ1) is 15.4. The van der Waals surface area contributed by atoms with Crippen LogP contribution in [0.15, 0.2) is 65.8 Å². The fourth-order valence-electron chi connectivity index (χ4n) is 4.66. The van der Waals surface area contributed by atoms with Gasteiger partial charge in [-0.1, -0.05) is 29.8 Å². The Bertz CT molecular complexity index is 1200. The number of rotatable bonds is 5. The van der Waals surface area contributed by atoms with Crippen molar-refractivity contribution >= 4 is 15.8 Å². The van der Waals surface area contributed by atoms with E-state index in [0.29, 0.717) is 23.2 Å². The van der Waals surface area contributed by atoms with E-state index >= 15 is 0 Å². The number of aryl methyl sites for hydroxylation is 1. The van der Waals surface area contributed by atoms with Crippen LogP contribution in [0.3, 0.4) is 0 Å². The van der Waals surface area contributed by atoms with E-state index < -0.39 is 10.1 Å². The first-order valence-electron chi connectivity index (χ1n) is 10.7.